The molecule has 0 aromatic heterocycles. The van der Waals surface area contributed by atoms with E-state index in [1.165, 1.54) is 24.3 Å². The smallest absolute Gasteiger partial charge is 0.405 e. The van der Waals surface area contributed by atoms with Gasteiger partial charge in [0.05, 0.1) is 31.2 Å². The topological polar surface area (TPSA) is 68.8 Å². The van der Waals surface area contributed by atoms with Crippen molar-refractivity contribution >= 4 is 17.3 Å². The average Bonchev–Trinajstić information content (AvgIpc) is 2.69. The first kappa shape index (κ1) is 23.2. The normalized spacial score (nSPS) is 11.0. The van der Waals surface area contributed by atoms with E-state index in [0.717, 1.165) is 0 Å². The van der Waals surface area contributed by atoms with Gasteiger partial charge in [0.1, 0.15) is 6.54 Å². The summed E-state index contributed by atoms with van der Waals surface area (Å²) in [6.07, 6.45) is -4.38. The molecule has 164 valence electrons. The van der Waals surface area contributed by atoms with Crippen LogP contribution in [-0.4, -0.2) is 38.4 Å². The lowest BCUT2D eigenvalue weighted by Gasteiger charge is -2.18. The summed E-state index contributed by atoms with van der Waals surface area (Å²) in [4.78, 5) is 12.8. The highest BCUT2D eigenvalue weighted by molar-refractivity contribution is 6.06. The van der Waals surface area contributed by atoms with Crippen molar-refractivity contribution in [1.82, 2.24) is 0 Å². The molecule has 1 amide bonds. The van der Waals surface area contributed by atoms with Gasteiger partial charge >= 0.3 is 6.18 Å². The number of carbonyl (C=O) groups excluding carboxylic acids is 1. The van der Waals surface area contributed by atoms with Gasteiger partial charge in [0.25, 0.3) is 5.91 Å². The SMILES string of the molecule is CCOc1cc(C(=O)Nc2ccccc2NCC(F)(F)F)cc(OCC)c1OCC. The number of alkyl halides is 3. The number of hydrogen-bond acceptors (Lipinski definition) is 5. The van der Waals surface area contributed by atoms with Crippen LogP contribution >= 0.6 is 0 Å². The maximum Gasteiger partial charge on any atom is 0.405 e. The van der Waals surface area contributed by atoms with E-state index in [-0.39, 0.29) is 16.9 Å². The highest BCUT2D eigenvalue weighted by Crippen LogP contribution is 2.39. The minimum atomic E-state index is -4.38. The molecule has 0 aliphatic heterocycles. The minimum absolute atomic E-state index is 0.157. The second-order valence-electron chi connectivity index (χ2n) is 6.07. The maximum atomic E-state index is 12.8. The van der Waals surface area contributed by atoms with Crippen molar-refractivity contribution in [2.45, 2.75) is 26.9 Å². The number of nitrogens with one attached hydrogen (secondary N) is 2. The predicted molar refractivity (Wildman–Crippen MR) is 109 cm³/mol. The van der Waals surface area contributed by atoms with Crippen LogP contribution in [0.2, 0.25) is 0 Å². The van der Waals surface area contributed by atoms with Gasteiger partial charge in [-0.1, -0.05) is 12.1 Å². The van der Waals surface area contributed by atoms with E-state index in [0.29, 0.717) is 37.1 Å². The third-order valence-corrected chi connectivity index (χ3v) is 3.83. The summed E-state index contributed by atoms with van der Waals surface area (Å²) in [6, 6.07) is 9.18. The molecule has 0 saturated heterocycles. The lowest BCUT2D eigenvalue weighted by molar-refractivity contribution is -0.115. The summed E-state index contributed by atoms with van der Waals surface area (Å²) < 4.78 is 54.4. The molecule has 0 aliphatic carbocycles. The lowest BCUT2D eigenvalue weighted by Crippen LogP contribution is -2.22. The molecule has 0 aliphatic rings. The lowest BCUT2D eigenvalue weighted by atomic mass is 10.1. The third-order valence-electron chi connectivity index (χ3n) is 3.83. The molecule has 2 N–H and O–H groups in total. The average molecular weight is 426 g/mol. The van der Waals surface area contributed by atoms with Crippen LogP contribution in [0, 0.1) is 0 Å². The van der Waals surface area contributed by atoms with E-state index in [1.54, 1.807) is 26.0 Å². The number of hydrogen-bond donors (Lipinski definition) is 2. The van der Waals surface area contributed by atoms with E-state index in [9.17, 15) is 18.0 Å². The quantitative estimate of drug-likeness (QED) is 0.553. The first-order valence-electron chi connectivity index (χ1n) is 9.56. The second kappa shape index (κ2) is 10.6. The van der Waals surface area contributed by atoms with Gasteiger partial charge < -0.3 is 24.8 Å². The first-order valence-corrected chi connectivity index (χ1v) is 9.56. The standard InChI is InChI=1S/C21H25F3N2O4/c1-4-28-17-11-14(12-18(29-5-2)19(17)30-6-3)20(27)26-16-10-8-7-9-15(16)25-13-21(22,23)24/h7-12,25H,4-6,13H2,1-3H3,(H,26,27). The minimum Gasteiger partial charge on any atom is -0.490 e. The van der Waals surface area contributed by atoms with Gasteiger partial charge in [-0.3, -0.25) is 4.79 Å². The molecule has 2 aromatic rings. The van der Waals surface area contributed by atoms with Crippen molar-refractivity contribution in [3.63, 3.8) is 0 Å². The van der Waals surface area contributed by atoms with Crippen molar-refractivity contribution in [1.29, 1.82) is 0 Å². The monoisotopic (exact) mass is 426 g/mol. The molecule has 6 nitrogen and oxygen atoms in total. The molecule has 9 heteroatoms. The summed E-state index contributed by atoms with van der Waals surface area (Å²) >= 11 is 0. The number of amides is 1. The number of ether oxygens (including phenoxy) is 3. The fourth-order valence-corrected chi connectivity index (χ4v) is 2.66. The molecule has 0 unspecified atom stereocenters. The molecule has 0 spiro atoms. The van der Waals surface area contributed by atoms with Gasteiger partial charge in [0.2, 0.25) is 5.75 Å². The zero-order valence-corrected chi connectivity index (χ0v) is 17.1. The number of halogens is 3. The van der Waals surface area contributed by atoms with Crippen molar-refractivity contribution in [3.05, 3.63) is 42.0 Å². The number of rotatable bonds is 10. The maximum absolute atomic E-state index is 12.8. The van der Waals surface area contributed by atoms with Crippen LogP contribution in [0.4, 0.5) is 24.5 Å². The Bertz CT molecular complexity index is 829. The van der Waals surface area contributed by atoms with E-state index in [2.05, 4.69) is 10.6 Å². The largest absolute Gasteiger partial charge is 0.490 e. The van der Waals surface area contributed by atoms with E-state index in [4.69, 9.17) is 14.2 Å². The van der Waals surface area contributed by atoms with Gasteiger partial charge in [0, 0.05) is 5.56 Å². The molecule has 2 aromatic carbocycles. The molecule has 0 fully saturated rings. The summed E-state index contributed by atoms with van der Waals surface area (Å²) in [5.74, 6) is 0.559. The van der Waals surface area contributed by atoms with Gasteiger partial charge in [-0.05, 0) is 45.0 Å². The Hall–Kier alpha value is -3.10. The summed E-state index contributed by atoms with van der Waals surface area (Å²) in [7, 11) is 0. The Morgan fingerprint density at radius 1 is 0.900 bits per heavy atom. The van der Waals surface area contributed by atoms with Crippen LogP contribution in [0.1, 0.15) is 31.1 Å². The van der Waals surface area contributed by atoms with Crippen molar-refractivity contribution in [3.8, 4) is 17.2 Å². The molecule has 0 heterocycles. The fraction of sp³-hybridized carbons (Fsp3) is 0.381. The molecule has 30 heavy (non-hydrogen) atoms. The van der Waals surface area contributed by atoms with Crippen LogP contribution in [0.5, 0.6) is 17.2 Å². The fourth-order valence-electron chi connectivity index (χ4n) is 2.66. The van der Waals surface area contributed by atoms with Crippen LogP contribution < -0.4 is 24.8 Å². The van der Waals surface area contributed by atoms with Crippen LogP contribution in [0.3, 0.4) is 0 Å². The molecular weight excluding hydrogens is 401 g/mol. The van der Waals surface area contributed by atoms with Gasteiger partial charge in [0.15, 0.2) is 11.5 Å². The van der Waals surface area contributed by atoms with Gasteiger partial charge in [-0.15, -0.1) is 0 Å². The van der Waals surface area contributed by atoms with Crippen molar-refractivity contribution in [2.75, 3.05) is 37.0 Å². The highest BCUT2D eigenvalue weighted by atomic mass is 19.4. The Balaban J connectivity index is 2.33. The number of benzene rings is 2. The van der Waals surface area contributed by atoms with Crippen LogP contribution in [-0.2, 0) is 0 Å². The number of anilines is 2. The van der Waals surface area contributed by atoms with Gasteiger partial charge in [-0.25, -0.2) is 0 Å². The van der Waals surface area contributed by atoms with E-state index < -0.39 is 18.6 Å². The molecule has 2 rings (SSSR count). The first-order chi connectivity index (χ1) is 14.3. The Morgan fingerprint density at radius 3 is 1.93 bits per heavy atom. The zero-order valence-electron chi connectivity index (χ0n) is 17.1. The summed E-state index contributed by atoms with van der Waals surface area (Å²) in [5.41, 5.74) is 0.594. The molecule has 0 saturated carbocycles. The van der Waals surface area contributed by atoms with E-state index in [1.807, 2.05) is 6.92 Å². The summed E-state index contributed by atoms with van der Waals surface area (Å²) in [6.45, 7) is 5.27. The molecule has 0 radical (unpaired) electrons. The van der Waals surface area contributed by atoms with Gasteiger partial charge in [-0.2, -0.15) is 13.2 Å². The Kier molecular flexibility index (Phi) is 8.20. The predicted octanol–water partition coefficient (Wildman–Crippen LogP) is 5.11. The van der Waals surface area contributed by atoms with Crippen LogP contribution in [0.25, 0.3) is 0 Å². The number of carbonyl (C=O) groups is 1. The Morgan fingerprint density at radius 2 is 1.43 bits per heavy atom. The zero-order chi connectivity index (χ0) is 22.1. The summed E-state index contributed by atoms with van der Waals surface area (Å²) in [5, 5.41) is 4.92. The number of para-hydroxylation sites is 2. The Labute approximate surface area is 173 Å². The third kappa shape index (κ3) is 6.47. The van der Waals surface area contributed by atoms with Crippen molar-refractivity contribution < 1.29 is 32.2 Å². The molecule has 0 bridgehead atoms. The highest BCUT2D eigenvalue weighted by Gasteiger charge is 2.27. The van der Waals surface area contributed by atoms with Crippen LogP contribution in [0.15, 0.2) is 36.4 Å². The molecular formula is C21H25F3N2O4. The van der Waals surface area contributed by atoms with E-state index >= 15 is 0 Å². The molecule has 0 atom stereocenters. The second-order valence-corrected chi connectivity index (χ2v) is 6.07. The van der Waals surface area contributed by atoms with Crippen molar-refractivity contribution in [2.24, 2.45) is 0 Å².